The van der Waals surface area contributed by atoms with Gasteiger partial charge >= 0.3 is 5.97 Å². The van der Waals surface area contributed by atoms with Crippen LogP contribution in [0.3, 0.4) is 0 Å². The highest BCUT2D eigenvalue weighted by atomic mass is 32.1. The van der Waals surface area contributed by atoms with E-state index in [4.69, 9.17) is 17.0 Å². The lowest BCUT2D eigenvalue weighted by molar-refractivity contribution is 0.0499. The molecule has 6 heteroatoms. The van der Waals surface area contributed by atoms with Gasteiger partial charge in [0.15, 0.2) is 5.11 Å². The number of aryl methyl sites for hydroxylation is 2. The largest absolute Gasteiger partial charge is 0.462 e. The van der Waals surface area contributed by atoms with Gasteiger partial charge in [0, 0.05) is 11.3 Å². The number of thiocarbonyl (C=S) groups is 1. The van der Waals surface area contributed by atoms with Crippen molar-refractivity contribution < 1.29 is 14.3 Å². The summed E-state index contributed by atoms with van der Waals surface area (Å²) >= 11 is 5.20. The van der Waals surface area contributed by atoms with Gasteiger partial charge in [-0.1, -0.05) is 31.0 Å². The Morgan fingerprint density at radius 2 is 1.78 bits per heavy atom. The Morgan fingerprint density at radius 3 is 2.41 bits per heavy atom. The van der Waals surface area contributed by atoms with Gasteiger partial charge in [-0.2, -0.15) is 0 Å². The van der Waals surface area contributed by atoms with Crippen LogP contribution in [-0.2, 0) is 4.74 Å². The minimum Gasteiger partial charge on any atom is -0.462 e. The number of carbonyl (C=O) groups is 2. The van der Waals surface area contributed by atoms with E-state index in [1.165, 1.54) is 0 Å². The van der Waals surface area contributed by atoms with Crippen LogP contribution >= 0.6 is 12.2 Å². The number of ether oxygens (including phenoxy) is 1. The molecule has 0 aliphatic carbocycles. The average molecular weight is 385 g/mol. The Morgan fingerprint density at radius 1 is 1.07 bits per heavy atom. The zero-order valence-corrected chi connectivity index (χ0v) is 16.6. The molecular weight excluding hydrogens is 360 g/mol. The van der Waals surface area contributed by atoms with E-state index in [1.807, 2.05) is 32.9 Å². The van der Waals surface area contributed by atoms with Crippen LogP contribution < -0.4 is 10.6 Å². The fourth-order valence-electron chi connectivity index (χ4n) is 2.48. The average Bonchev–Trinajstić information content (AvgIpc) is 2.62. The molecule has 2 aromatic carbocycles. The summed E-state index contributed by atoms with van der Waals surface area (Å²) < 4.78 is 5.17. The van der Waals surface area contributed by atoms with Crippen molar-refractivity contribution in [2.75, 3.05) is 11.9 Å². The maximum Gasteiger partial charge on any atom is 0.338 e. The van der Waals surface area contributed by atoms with Gasteiger partial charge in [-0.25, -0.2) is 4.79 Å². The molecule has 2 rings (SSSR count). The Kier molecular flexibility index (Phi) is 7.49. The van der Waals surface area contributed by atoms with Gasteiger partial charge in [0.2, 0.25) is 0 Å². The summed E-state index contributed by atoms with van der Waals surface area (Å²) in [4.78, 5) is 24.2. The molecule has 0 radical (unpaired) electrons. The molecule has 142 valence electrons. The van der Waals surface area contributed by atoms with Crippen molar-refractivity contribution in [2.45, 2.75) is 33.6 Å². The minimum atomic E-state index is -0.347. The predicted molar refractivity (Wildman–Crippen MR) is 111 cm³/mol. The van der Waals surface area contributed by atoms with Crippen LogP contribution in [0.1, 0.15) is 51.6 Å². The molecule has 0 saturated carbocycles. The molecular formula is C21H24N2O3S. The number of carbonyl (C=O) groups excluding carboxylic acids is 2. The highest BCUT2D eigenvalue weighted by Crippen LogP contribution is 2.12. The Balaban J connectivity index is 1.91. The van der Waals surface area contributed by atoms with Crippen molar-refractivity contribution in [1.29, 1.82) is 0 Å². The molecule has 1 amide bonds. The van der Waals surface area contributed by atoms with E-state index in [1.54, 1.807) is 30.3 Å². The number of benzene rings is 2. The molecule has 27 heavy (non-hydrogen) atoms. The van der Waals surface area contributed by atoms with Crippen molar-refractivity contribution in [1.82, 2.24) is 5.32 Å². The summed E-state index contributed by atoms with van der Waals surface area (Å²) in [5.74, 6) is -0.609. The third kappa shape index (κ3) is 6.18. The Hall–Kier alpha value is -2.73. The number of hydrogen-bond acceptors (Lipinski definition) is 4. The first-order chi connectivity index (χ1) is 12.9. The molecule has 0 spiro atoms. The van der Waals surface area contributed by atoms with Gasteiger partial charge < -0.3 is 10.1 Å². The van der Waals surface area contributed by atoms with Crippen molar-refractivity contribution in [2.24, 2.45) is 0 Å². The summed E-state index contributed by atoms with van der Waals surface area (Å²) in [6.45, 7) is 6.32. The fraction of sp³-hybridized carbons (Fsp3) is 0.286. The van der Waals surface area contributed by atoms with Crippen LogP contribution in [0.25, 0.3) is 0 Å². The van der Waals surface area contributed by atoms with Crippen LogP contribution in [0.15, 0.2) is 42.5 Å². The predicted octanol–water partition coefficient (Wildman–Crippen LogP) is 4.39. The van der Waals surface area contributed by atoms with Crippen LogP contribution in [0.2, 0.25) is 0 Å². The van der Waals surface area contributed by atoms with E-state index in [-0.39, 0.29) is 17.0 Å². The summed E-state index contributed by atoms with van der Waals surface area (Å²) in [5, 5.41) is 5.80. The summed E-state index contributed by atoms with van der Waals surface area (Å²) in [7, 11) is 0. The van der Waals surface area contributed by atoms with E-state index in [2.05, 4.69) is 10.6 Å². The fourth-order valence-corrected chi connectivity index (χ4v) is 2.69. The number of anilines is 1. The molecule has 2 aromatic rings. The van der Waals surface area contributed by atoms with Gasteiger partial charge in [-0.05, 0) is 68.4 Å². The van der Waals surface area contributed by atoms with E-state index < -0.39 is 0 Å². The second kappa shape index (κ2) is 9.83. The molecule has 0 atom stereocenters. The molecule has 0 unspecified atom stereocenters. The highest BCUT2D eigenvalue weighted by Gasteiger charge is 2.11. The van der Waals surface area contributed by atoms with Gasteiger partial charge in [-0.3, -0.25) is 10.1 Å². The second-order valence-corrected chi connectivity index (χ2v) is 6.70. The minimum absolute atomic E-state index is 0.193. The molecule has 0 bridgehead atoms. The molecule has 0 aliphatic rings. The first-order valence-electron chi connectivity index (χ1n) is 8.87. The molecule has 0 aliphatic heterocycles. The molecule has 0 heterocycles. The number of rotatable bonds is 6. The number of nitrogens with one attached hydrogen (secondary N) is 2. The first kappa shape index (κ1) is 20.6. The lowest BCUT2D eigenvalue weighted by Crippen LogP contribution is -2.34. The van der Waals surface area contributed by atoms with Crippen molar-refractivity contribution in [3.05, 3.63) is 64.7 Å². The molecule has 5 nitrogen and oxygen atoms in total. The van der Waals surface area contributed by atoms with Gasteiger partial charge in [-0.15, -0.1) is 0 Å². The van der Waals surface area contributed by atoms with Gasteiger partial charge in [0.05, 0.1) is 12.2 Å². The number of hydrogen-bond donors (Lipinski definition) is 2. The van der Waals surface area contributed by atoms with E-state index >= 15 is 0 Å². The summed E-state index contributed by atoms with van der Waals surface area (Å²) in [6, 6.07) is 12.4. The molecule has 0 aromatic heterocycles. The number of amides is 1. The van der Waals surface area contributed by atoms with Gasteiger partial charge in [0.1, 0.15) is 0 Å². The second-order valence-electron chi connectivity index (χ2n) is 6.29. The maximum absolute atomic E-state index is 12.3. The topological polar surface area (TPSA) is 67.4 Å². The van der Waals surface area contributed by atoms with E-state index in [0.29, 0.717) is 23.4 Å². The summed E-state index contributed by atoms with van der Waals surface area (Å²) in [6.07, 6.45) is 1.82. The Bertz CT molecular complexity index is 832. The first-order valence-corrected chi connectivity index (χ1v) is 9.28. The summed E-state index contributed by atoms with van der Waals surface area (Å²) in [5.41, 5.74) is 3.71. The number of unbranched alkanes of at least 4 members (excludes halogenated alkanes) is 1. The molecule has 0 saturated heterocycles. The van der Waals surface area contributed by atoms with E-state index in [0.717, 1.165) is 24.0 Å². The highest BCUT2D eigenvalue weighted by molar-refractivity contribution is 7.80. The number of esters is 1. The lowest BCUT2D eigenvalue weighted by atomic mass is 10.1. The Labute approximate surface area is 165 Å². The monoisotopic (exact) mass is 384 g/mol. The van der Waals surface area contributed by atoms with E-state index in [9.17, 15) is 9.59 Å². The molecule has 2 N–H and O–H groups in total. The zero-order valence-electron chi connectivity index (χ0n) is 15.8. The van der Waals surface area contributed by atoms with Crippen LogP contribution in [0.5, 0.6) is 0 Å². The van der Waals surface area contributed by atoms with Crippen LogP contribution in [0, 0.1) is 13.8 Å². The normalized spacial score (nSPS) is 10.2. The maximum atomic E-state index is 12.3. The van der Waals surface area contributed by atoms with Gasteiger partial charge in [0.25, 0.3) is 5.91 Å². The quantitative estimate of drug-likeness (QED) is 0.439. The van der Waals surface area contributed by atoms with Crippen molar-refractivity contribution >= 4 is 34.9 Å². The SMILES string of the molecule is CCCCOC(=O)c1ccc(NC(=S)NC(=O)c2ccc(C)cc2C)cc1. The third-order valence-corrected chi connectivity index (χ3v) is 4.17. The zero-order chi connectivity index (χ0) is 19.8. The van der Waals surface area contributed by atoms with Crippen LogP contribution in [-0.4, -0.2) is 23.6 Å². The van der Waals surface area contributed by atoms with Crippen molar-refractivity contribution in [3.63, 3.8) is 0 Å². The van der Waals surface area contributed by atoms with Crippen LogP contribution in [0.4, 0.5) is 5.69 Å². The lowest BCUT2D eigenvalue weighted by Gasteiger charge is -2.11. The smallest absolute Gasteiger partial charge is 0.338 e. The molecule has 0 fully saturated rings. The standard InChI is InChI=1S/C21H24N2O3S/c1-4-5-12-26-20(25)16-7-9-17(10-8-16)22-21(27)23-19(24)18-11-6-14(2)13-15(18)3/h6-11,13H,4-5,12H2,1-3H3,(H2,22,23,24,27). The van der Waals surface area contributed by atoms with Crippen molar-refractivity contribution in [3.8, 4) is 0 Å². The third-order valence-electron chi connectivity index (χ3n) is 3.96.